The van der Waals surface area contributed by atoms with Crippen molar-refractivity contribution in [1.82, 2.24) is 15.6 Å². The SMILES string of the molecule is CC(C)Oc1ccc(-c2nc(C(=O)NC(Cc3ccccc3)C(=O)NC3CC3)cs2)cc1. The molecule has 6 nitrogen and oxygen atoms in total. The van der Waals surface area contributed by atoms with Crippen LogP contribution in [-0.4, -0.2) is 35.0 Å². The van der Waals surface area contributed by atoms with Gasteiger partial charge < -0.3 is 15.4 Å². The highest BCUT2D eigenvalue weighted by molar-refractivity contribution is 7.13. The Bertz CT molecular complexity index is 1060. The zero-order valence-corrected chi connectivity index (χ0v) is 19.0. The van der Waals surface area contributed by atoms with Gasteiger partial charge in [-0.15, -0.1) is 11.3 Å². The standard InChI is InChI=1S/C25H27N3O3S/c1-16(2)31-20-12-8-18(9-13-20)25-28-22(15-32-25)24(30)27-21(23(29)26-19-10-11-19)14-17-6-4-3-5-7-17/h3-9,12-13,15-16,19,21H,10-11,14H2,1-2H3,(H,26,29)(H,27,30). The predicted molar refractivity (Wildman–Crippen MR) is 126 cm³/mol. The zero-order valence-electron chi connectivity index (χ0n) is 18.2. The number of thiazole rings is 1. The molecular weight excluding hydrogens is 422 g/mol. The van der Waals surface area contributed by atoms with Gasteiger partial charge in [0.05, 0.1) is 6.10 Å². The number of nitrogens with zero attached hydrogens (tertiary/aromatic N) is 1. The van der Waals surface area contributed by atoms with E-state index in [1.54, 1.807) is 5.38 Å². The highest BCUT2D eigenvalue weighted by atomic mass is 32.1. The molecular formula is C25H27N3O3S. The van der Waals surface area contributed by atoms with Crippen molar-refractivity contribution in [2.24, 2.45) is 0 Å². The van der Waals surface area contributed by atoms with E-state index in [0.29, 0.717) is 12.1 Å². The van der Waals surface area contributed by atoms with Crippen LogP contribution in [0.3, 0.4) is 0 Å². The normalized spacial score (nSPS) is 14.1. The largest absolute Gasteiger partial charge is 0.491 e. The van der Waals surface area contributed by atoms with E-state index in [1.165, 1.54) is 11.3 Å². The van der Waals surface area contributed by atoms with Gasteiger partial charge in [0.15, 0.2) is 0 Å². The molecule has 0 aliphatic heterocycles. The van der Waals surface area contributed by atoms with E-state index >= 15 is 0 Å². The van der Waals surface area contributed by atoms with Crippen LogP contribution >= 0.6 is 11.3 Å². The van der Waals surface area contributed by atoms with Crippen LogP contribution in [0.15, 0.2) is 60.0 Å². The highest BCUT2D eigenvalue weighted by Crippen LogP contribution is 2.26. The maximum atomic E-state index is 12.9. The van der Waals surface area contributed by atoms with Crippen LogP contribution < -0.4 is 15.4 Å². The van der Waals surface area contributed by atoms with E-state index in [-0.39, 0.29) is 24.0 Å². The van der Waals surface area contributed by atoms with Crippen molar-refractivity contribution < 1.29 is 14.3 Å². The Morgan fingerprint density at radius 3 is 2.47 bits per heavy atom. The summed E-state index contributed by atoms with van der Waals surface area (Å²) in [5.41, 5.74) is 2.22. The smallest absolute Gasteiger partial charge is 0.271 e. The van der Waals surface area contributed by atoms with E-state index in [4.69, 9.17) is 4.74 Å². The van der Waals surface area contributed by atoms with E-state index in [2.05, 4.69) is 15.6 Å². The summed E-state index contributed by atoms with van der Waals surface area (Å²) in [4.78, 5) is 30.1. The first-order valence-corrected chi connectivity index (χ1v) is 11.7. The molecule has 2 aromatic carbocycles. The summed E-state index contributed by atoms with van der Waals surface area (Å²) in [6, 6.07) is 16.9. The molecule has 2 amide bonds. The molecule has 0 spiro atoms. The van der Waals surface area contributed by atoms with Crippen LogP contribution in [0.5, 0.6) is 5.75 Å². The van der Waals surface area contributed by atoms with Gasteiger partial charge in [-0.25, -0.2) is 4.98 Å². The minimum atomic E-state index is -0.650. The summed E-state index contributed by atoms with van der Waals surface area (Å²) in [5.74, 6) is 0.295. The Morgan fingerprint density at radius 2 is 1.81 bits per heavy atom. The molecule has 1 fully saturated rings. The summed E-state index contributed by atoms with van der Waals surface area (Å²) in [7, 11) is 0. The number of hydrogen-bond acceptors (Lipinski definition) is 5. The number of aromatic nitrogens is 1. The molecule has 1 heterocycles. The summed E-state index contributed by atoms with van der Waals surface area (Å²) in [6.45, 7) is 3.96. The third-order valence-electron chi connectivity index (χ3n) is 5.04. The number of amides is 2. The molecule has 1 saturated carbocycles. The number of carbonyl (C=O) groups excluding carboxylic acids is 2. The van der Waals surface area contributed by atoms with Crippen molar-refractivity contribution >= 4 is 23.2 Å². The lowest BCUT2D eigenvalue weighted by Gasteiger charge is -2.18. The van der Waals surface area contributed by atoms with Crippen LogP contribution in [0.25, 0.3) is 10.6 Å². The lowest BCUT2D eigenvalue weighted by Crippen LogP contribution is -2.48. The second-order valence-electron chi connectivity index (χ2n) is 8.23. The first kappa shape index (κ1) is 22.0. The molecule has 1 aromatic heterocycles. The minimum absolute atomic E-state index is 0.108. The van der Waals surface area contributed by atoms with Crippen LogP contribution in [-0.2, 0) is 11.2 Å². The molecule has 7 heteroatoms. The van der Waals surface area contributed by atoms with Crippen LogP contribution in [0.2, 0.25) is 0 Å². The van der Waals surface area contributed by atoms with Gasteiger partial charge in [0.1, 0.15) is 22.5 Å². The Labute approximate surface area is 192 Å². The average Bonchev–Trinajstić information content (AvgIpc) is 3.45. The fraction of sp³-hybridized carbons (Fsp3) is 0.320. The van der Waals surface area contributed by atoms with Crippen molar-refractivity contribution in [3.63, 3.8) is 0 Å². The summed E-state index contributed by atoms with van der Waals surface area (Å²) < 4.78 is 5.68. The van der Waals surface area contributed by atoms with Gasteiger partial charge in [-0.1, -0.05) is 30.3 Å². The molecule has 3 aromatic rings. The van der Waals surface area contributed by atoms with E-state index in [0.717, 1.165) is 34.7 Å². The molecule has 1 unspecified atom stereocenters. The van der Waals surface area contributed by atoms with Crippen molar-refractivity contribution in [2.75, 3.05) is 0 Å². The molecule has 32 heavy (non-hydrogen) atoms. The van der Waals surface area contributed by atoms with Crippen molar-refractivity contribution in [3.8, 4) is 16.3 Å². The molecule has 1 aliphatic rings. The molecule has 0 bridgehead atoms. The lowest BCUT2D eigenvalue weighted by molar-refractivity contribution is -0.123. The number of rotatable bonds is 9. The second-order valence-corrected chi connectivity index (χ2v) is 9.09. The topological polar surface area (TPSA) is 80.3 Å². The zero-order chi connectivity index (χ0) is 22.5. The maximum Gasteiger partial charge on any atom is 0.271 e. The molecule has 4 rings (SSSR count). The second kappa shape index (κ2) is 9.96. The predicted octanol–water partition coefficient (Wildman–Crippen LogP) is 4.22. The van der Waals surface area contributed by atoms with Crippen LogP contribution in [0.4, 0.5) is 0 Å². The molecule has 166 valence electrons. The molecule has 0 saturated heterocycles. The fourth-order valence-electron chi connectivity index (χ4n) is 3.28. The van der Waals surface area contributed by atoms with Crippen LogP contribution in [0, 0.1) is 0 Å². The van der Waals surface area contributed by atoms with Gasteiger partial charge in [-0.3, -0.25) is 9.59 Å². The van der Waals surface area contributed by atoms with Gasteiger partial charge in [0, 0.05) is 23.4 Å². The fourth-order valence-corrected chi connectivity index (χ4v) is 4.09. The molecule has 1 atom stereocenters. The molecule has 0 radical (unpaired) electrons. The Morgan fingerprint density at radius 1 is 1.09 bits per heavy atom. The number of nitrogens with one attached hydrogen (secondary N) is 2. The van der Waals surface area contributed by atoms with Gasteiger partial charge in [-0.05, 0) is 56.5 Å². The third-order valence-corrected chi connectivity index (χ3v) is 5.93. The molecule has 2 N–H and O–H groups in total. The van der Waals surface area contributed by atoms with Crippen LogP contribution in [0.1, 0.15) is 42.7 Å². The highest BCUT2D eigenvalue weighted by Gasteiger charge is 2.29. The number of carbonyl (C=O) groups is 2. The van der Waals surface area contributed by atoms with Gasteiger partial charge in [0.25, 0.3) is 5.91 Å². The average molecular weight is 450 g/mol. The summed E-state index contributed by atoms with van der Waals surface area (Å²) in [6.07, 6.45) is 2.53. The Kier molecular flexibility index (Phi) is 6.85. The van der Waals surface area contributed by atoms with Crippen molar-refractivity contribution in [3.05, 3.63) is 71.2 Å². The quantitative estimate of drug-likeness (QED) is 0.513. The monoisotopic (exact) mass is 449 g/mol. The third kappa shape index (κ3) is 5.95. The van der Waals surface area contributed by atoms with E-state index < -0.39 is 6.04 Å². The Hall–Kier alpha value is -3.19. The maximum absolute atomic E-state index is 12.9. The molecule has 1 aliphatic carbocycles. The minimum Gasteiger partial charge on any atom is -0.491 e. The summed E-state index contributed by atoms with van der Waals surface area (Å²) >= 11 is 1.40. The number of benzene rings is 2. The number of ether oxygens (including phenoxy) is 1. The summed E-state index contributed by atoms with van der Waals surface area (Å²) in [5, 5.41) is 8.35. The van der Waals surface area contributed by atoms with E-state index in [1.807, 2.05) is 68.4 Å². The van der Waals surface area contributed by atoms with E-state index in [9.17, 15) is 9.59 Å². The lowest BCUT2D eigenvalue weighted by atomic mass is 10.0. The number of hydrogen-bond donors (Lipinski definition) is 2. The van der Waals surface area contributed by atoms with Crippen molar-refractivity contribution in [2.45, 2.75) is 51.3 Å². The van der Waals surface area contributed by atoms with Gasteiger partial charge >= 0.3 is 0 Å². The van der Waals surface area contributed by atoms with Gasteiger partial charge in [0.2, 0.25) is 5.91 Å². The van der Waals surface area contributed by atoms with Crippen molar-refractivity contribution in [1.29, 1.82) is 0 Å². The Balaban J connectivity index is 1.45. The first-order chi connectivity index (χ1) is 15.5. The van der Waals surface area contributed by atoms with Gasteiger partial charge in [-0.2, -0.15) is 0 Å². The first-order valence-electron chi connectivity index (χ1n) is 10.9.